The Hall–Kier alpha value is -8.79. The first-order chi connectivity index (χ1) is 40.0. The molecule has 0 fully saturated rings. The summed E-state index contributed by atoms with van der Waals surface area (Å²) in [5.74, 6) is 0.642. The summed E-state index contributed by atoms with van der Waals surface area (Å²) in [6, 6.07) is 44.8. The van der Waals surface area contributed by atoms with Crippen molar-refractivity contribution in [2.75, 3.05) is 32.3 Å². The molecule has 0 spiro atoms. The molecule has 2 aromatic heterocycles. The minimum absolute atomic E-state index is 0. The molecule has 8 amide bonds. The average Bonchev–Trinajstić information content (AvgIpc) is 2.94. The number of aromatic amines is 1. The number of hydrogen-bond donors (Lipinski definition) is 4. The van der Waals surface area contributed by atoms with Crippen molar-refractivity contribution < 1.29 is 24.0 Å². The Balaban J connectivity index is 0.000000222. The molecule has 5 aromatic carbocycles. The number of H-pyrrole nitrogens is 1. The largest absolute Gasteiger partial charge is 0.322 e. The van der Waals surface area contributed by atoms with Crippen molar-refractivity contribution in [2.45, 2.75) is 181 Å². The number of fused-ring (bicyclic) bond motifs is 6. The van der Waals surface area contributed by atoms with Crippen molar-refractivity contribution >= 4 is 69.2 Å². The summed E-state index contributed by atoms with van der Waals surface area (Å²) in [5, 5.41) is 9.86. The highest BCUT2D eigenvalue weighted by Crippen LogP contribution is 2.32. The molecule has 0 unspecified atom stereocenters. The van der Waals surface area contributed by atoms with Crippen LogP contribution in [0.1, 0.15) is 150 Å². The summed E-state index contributed by atoms with van der Waals surface area (Å²) in [5.41, 5.74) is 13.5. The number of pyridine rings is 2. The number of anilines is 5. The average molecular weight is 1190 g/mol. The quantitative estimate of drug-likeness (QED) is 0.128. The molecule has 0 atom stereocenters. The molecule has 7 aromatic rings. The van der Waals surface area contributed by atoms with Gasteiger partial charge >= 0.3 is 18.1 Å². The van der Waals surface area contributed by atoms with E-state index < -0.39 is 0 Å². The fraction of sp³-hybridized carbons (Fsp3) is 0.394. The second-order valence-electron chi connectivity index (χ2n) is 23.2. The van der Waals surface area contributed by atoms with E-state index in [9.17, 15) is 28.8 Å². The van der Waals surface area contributed by atoms with E-state index in [0.717, 1.165) is 74.7 Å². The van der Waals surface area contributed by atoms with Crippen molar-refractivity contribution in [1.29, 1.82) is 0 Å². The fourth-order valence-corrected chi connectivity index (χ4v) is 10.6. The molecule has 0 saturated heterocycles. The van der Waals surface area contributed by atoms with Gasteiger partial charge in [-0.05, 0) is 164 Å². The Labute approximate surface area is 517 Å². The van der Waals surface area contributed by atoms with E-state index in [1.165, 1.54) is 16.7 Å². The number of carbonyl (C=O) groups is 5. The van der Waals surface area contributed by atoms with Gasteiger partial charge in [0.25, 0.3) is 5.56 Å². The summed E-state index contributed by atoms with van der Waals surface area (Å²) in [6.07, 6.45) is 3.67. The number of rotatable bonds is 6. The van der Waals surface area contributed by atoms with Crippen LogP contribution >= 0.6 is 0 Å². The van der Waals surface area contributed by atoms with Crippen LogP contribution in [0.15, 0.2) is 144 Å². The zero-order chi connectivity index (χ0) is 60.9. The SMILES string of the molecule is C.C.C.CC(C)N1C(=O)Cc2ccccc21.CC(C)N1C(=O)Cc2ncccc21.CC(C)N1CCc2ccccc2NC1=O.CC(C)N1Cc2ccccc2NC1=O.CC(C)c1cc2ccccc2[nH]c1=O.Cc1cccc2c1NC(=O)N(C(C)C)C2. The number of amides is 8. The third-order valence-electron chi connectivity index (χ3n) is 15.1. The standard InChI is InChI=1S/2C12H16N2O.C12H13NO.C11H14N2O.C11H13NO.C10H12N2O.3CH4/c1-8(2)14-7-10-6-4-5-9(3)11(10)13-12(14)15;1-9(2)14-8-7-10-5-3-4-6-11(10)13-12(14)15;1-8(2)10-7-9-5-3-4-6-11(9)13-12(10)14;1-8(2)13-7-9-5-3-4-6-10(9)12-11(13)14;1-8(2)12-10-6-4-3-5-9(10)7-11(12)13;1-7(2)12-9-4-3-5-11-8(9)6-10(12)13;;;/h4-6,8H,7H2,1-3H3,(H,13,15);3-6,9H,7-8H2,1-2H3,(H,13,15);3-8H,1-2H3,(H,13,14);3-6,8H,7H2,1-2H3,(H,12,14);3-6,8H,7H2,1-2H3;3-5,7H,6H2,1-2H3;3*1H4. The Kier molecular flexibility index (Phi) is 26.1. The van der Waals surface area contributed by atoms with Gasteiger partial charge in [0.05, 0.1) is 29.9 Å². The summed E-state index contributed by atoms with van der Waals surface area (Å²) >= 11 is 0. The summed E-state index contributed by atoms with van der Waals surface area (Å²) in [7, 11) is 0. The first-order valence-corrected chi connectivity index (χ1v) is 29.3. The molecule has 466 valence electrons. The molecule has 0 saturated carbocycles. The van der Waals surface area contributed by atoms with Gasteiger partial charge < -0.3 is 45.4 Å². The van der Waals surface area contributed by atoms with Crippen molar-refractivity contribution in [3.63, 3.8) is 0 Å². The second kappa shape index (κ2) is 32.1. The molecule has 5 aliphatic rings. The van der Waals surface area contributed by atoms with Gasteiger partial charge in [0.15, 0.2) is 0 Å². The number of para-hydroxylation sites is 5. The number of nitrogens with one attached hydrogen (secondary N) is 4. The topological polar surface area (TPSA) is 183 Å². The second-order valence-corrected chi connectivity index (χ2v) is 23.2. The number of hydrogen-bond acceptors (Lipinski definition) is 7. The van der Waals surface area contributed by atoms with E-state index in [1.807, 2.05) is 236 Å². The Bertz CT molecular complexity index is 3450. The Morgan fingerprint density at radius 3 is 1.55 bits per heavy atom. The highest BCUT2D eigenvalue weighted by Gasteiger charge is 2.31. The summed E-state index contributed by atoms with van der Waals surface area (Å²) < 4.78 is 0. The van der Waals surface area contributed by atoms with Crippen LogP contribution in [-0.4, -0.2) is 91.3 Å². The lowest BCUT2D eigenvalue weighted by Gasteiger charge is -2.33. The van der Waals surface area contributed by atoms with E-state index in [1.54, 1.807) is 6.20 Å². The molecule has 7 heterocycles. The number of urea groups is 3. The van der Waals surface area contributed by atoms with Crippen molar-refractivity contribution in [2.24, 2.45) is 0 Å². The van der Waals surface area contributed by atoms with Crippen molar-refractivity contribution in [3.8, 4) is 0 Å². The third-order valence-corrected chi connectivity index (χ3v) is 15.1. The van der Waals surface area contributed by atoms with Crippen LogP contribution in [-0.2, 0) is 41.9 Å². The number of aryl methyl sites for hydroxylation is 1. The number of benzene rings is 5. The van der Waals surface area contributed by atoms with E-state index in [2.05, 4.69) is 38.1 Å². The van der Waals surface area contributed by atoms with Gasteiger partial charge in [-0.2, -0.15) is 0 Å². The minimum atomic E-state index is -0.00120. The molecule has 0 bridgehead atoms. The summed E-state index contributed by atoms with van der Waals surface area (Å²) in [4.78, 5) is 86.2. The lowest BCUT2D eigenvalue weighted by molar-refractivity contribution is -0.118. The van der Waals surface area contributed by atoms with Gasteiger partial charge in [0.2, 0.25) is 11.8 Å². The van der Waals surface area contributed by atoms with Gasteiger partial charge in [0.1, 0.15) is 0 Å². The van der Waals surface area contributed by atoms with Gasteiger partial charge in [-0.25, -0.2) is 14.4 Å². The van der Waals surface area contributed by atoms with E-state index in [4.69, 9.17) is 0 Å². The molecule has 16 nitrogen and oxygen atoms in total. The van der Waals surface area contributed by atoms with Gasteiger partial charge in [0, 0.05) is 84.2 Å². The van der Waals surface area contributed by atoms with E-state index in [0.29, 0.717) is 25.9 Å². The predicted octanol–water partition coefficient (Wildman–Crippen LogP) is 15.6. The lowest BCUT2D eigenvalue weighted by atomic mass is 10.0. The lowest BCUT2D eigenvalue weighted by Crippen LogP contribution is -2.43. The Morgan fingerprint density at radius 1 is 0.460 bits per heavy atom. The van der Waals surface area contributed by atoms with E-state index >= 15 is 0 Å². The monoisotopic (exact) mass is 1180 g/mol. The third kappa shape index (κ3) is 17.7. The molecule has 12 rings (SSSR count). The predicted molar refractivity (Wildman–Crippen MR) is 360 cm³/mol. The number of aromatic nitrogens is 2. The van der Waals surface area contributed by atoms with Crippen LogP contribution in [0.3, 0.4) is 0 Å². The van der Waals surface area contributed by atoms with Crippen LogP contribution in [0.2, 0.25) is 0 Å². The normalized spacial score (nSPS) is 14.2. The fourth-order valence-electron chi connectivity index (χ4n) is 10.6. The van der Waals surface area contributed by atoms with E-state index in [-0.39, 0.29) is 93.9 Å². The Morgan fingerprint density at radius 2 is 0.943 bits per heavy atom. The molecule has 5 aliphatic heterocycles. The minimum Gasteiger partial charge on any atom is -0.322 e. The zero-order valence-corrected chi connectivity index (χ0v) is 51.1. The van der Waals surface area contributed by atoms with Gasteiger partial charge in [-0.3, -0.25) is 19.4 Å². The van der Waals surface area contributed by atoms with Crippen molar-refractivity contribution in [1.82, 2.24) is 24.7 Å². The highest BCUT2D eigenvalue weighted by molar-refractivity contribution is 6.02. The first kappa shape index (κ1) is 70.7. The van der Waals surface area contributed by atoms with Crippen LogP contribution in [0.4, 0.5) is 42.8 Å². The number of nitrogens with zero attached hydrogens (tertiary/aromatic N) is 6. The van der Waals surface area contributed by atoms with Gasteiger partial charge in [-0.15, -0.1) is 0 Å². The van der Waals surface area contributed by atoms with Crippen LogP contribution in [0, 0.1) is 6.92 Å². The molecule has 87 heavy (non-hydrogen) atoms. The summed E-state index contributed by atoms with van der Waals surface area (Å²) in [6.45, 7) is 28.6. The van der Waals surface area contributed by atoms with Crippen LogP contribution in [0.5, 0.6) is 0 Å². The zero-order valence-electron chi connectivity index (χ0n) is 51.1. The molecular formula is C71H96N10O6. The van der Waals surface area contributed by atoms with Gasteiger partial charge in [-0.1, -0.05) is 127 Å². The maximum Gasteiger partial charge on any atom is 0.322 e. The highest BCUT2D eigenvalue weighted by atomic mass is 16.2. The smallest absolute Gasteiger partial charge is 0.322 e. The molecule has 4 N–H and O–H groups in total. The maximum absolute atomic E-state index is 11.8. The maximum atomic E-state index is 11.8. The first-order valence-electron chi connectivity index (χ1n) is 29.3. The van der Waals surface area contributed by atoms with Crippen molar-refractivity contribution in [3.05, 3.63) is 189 Å². The molecular weight excluding hydrogens is 1090 g/mol. The number of carbonyl (C=O) groups excluding carboxylic acids is 5. The van der Waals surface area contributed by atoms with Crippen LogP contribution in [0.25, 0.3) is 10.9 Å². The molecule has 0 aliphatic carbocycles. The van der Waals surface area contributed by atoms with Crippen LogP contribution < -0.4 is 31.3 Å². The molecule has 16 heteroatoms. The molecule has 0 radical (unpaired) electrons.